The first-order chi connectivity index (χ1) is 8.60. The van der Waals surface area contributed by atoms with Crippen molar-refractivity contribution in [2.75, 3.05) is 11.9 Å². The van der Waals surface area contributed by atoms with Gasteiger partial charge in [-0.3, -0.25) is 0 Å². The molecule has 2 aromatic rings. The van der Waals surface area contributed by atoms with E-state index in [-0.39, 0.29) is 11.9 Å². The molecule has 1 heterocycles. The number of hydrogen-bond acceptors (Lipinski definition) is 3. The predicted molar refractivity (Wildman–Crippen MR) is 78.8 cm³/mol. The first-order valence-corrected chi connectivity index (χ1v) is 7.36. The van der Waals surface area contributed by atoms with Gasteiger partial charge in [0, 0.05) is 32.7 Å². The Kier molecular flexibility index (Phi) is 4.61. The van der Waals surface area contributed by atoms with Gasteiger partial charge in [-0.05, 0) is 39.5 Å². The van der Waals surface area contributed by atoms with Crippen LogP contribution in [0.4, 0.5) is 10.1 Å². The number of nitrogens with two attached hydrogens (primary N) is 1. The molecule has 0 aliphatic rings. The maximum Gasteiger partial charge on any atom is 0.126 e. The SMILES string of the molecule is NCC(Nc1cc(F)cc(Cl)c1)c1cscc1Br. The summed E-state index contributed by atoms with van der Waals surface area (Å²) in [5.41, 5.74) is 7.43. The molecule has 0 fully saturated rings. The molecule has 1 aromatic heterocycles. The summed E-state index contributed by atoms with van der Waals surface area (Å²) in [5.74, 6) is -0.370. The Morgan fingerprint density at radius 1 is 1.39 bits per heavy atom. The van der Waals surface area contributed by atoms with Gasteiger partial charge in [-0.2, -0.15) is 11.3 Å². The molecule has 6 heteroatoms. The molecule has 0 aliphatic carbocycles. The third-order valence-electron chi connectivity index (χ3n) is 2.46. The van der Waals surface area contributed by atoms with Crippen molar-refractivity contribution in [3.8, 4) is 0 Å². The van der Waals surface area contributed by atoms with Gasteiger partial charge in [0.25, 0.3) is 0 Å². The maximum atomic E-state index is 13.2. The van der Waals surface area contributed by atoms with Crippen molar-refractivity contribution in [2.45, 2.75) is 6.04 Å². The number of rotatable bonds is 4. The van der Waals surface area contributed by atoms with Gasteiger partial charge in [0.05, 0.1) is 6.04 Å². The third-order valence-corrected chi connectivity index (χ3v) is 4.43. The summed E-state index contributed by atoms with van der Waals surface area (Å²) in [7, 11) is 0. The zero-order valence-electron chi connectivity index (χ0n) is 9.29. The zero-order chi connectivity index (χ0) is 13.1. The molecular formula is C12H11BrClFN2S. The van der Waals surface area contributed by atoms with Crippen molar-refractivity contribution in [3.05, 3.63) is 49.8 Å². The second-order valence-corrected chi connectivity index (χ2v) is 5.80. The lowest BCUT2D eigenvalue weighted by Crippen LogP contribution is -2.20. The molecule has 1 aromatic carbocycles. The van der Waals surface area contributed by atoms with Gasteiger partial charge in [0.1, 0.15) is 5.82 Å². The van der Waals surface area contributed by atoms with E-state index in [0.29, 0.717) is 17.3 Å². The van der Waals surface area contributed by atoms with E-state index >= 15 is 0 Å². The van der Waals surface area contributed by atoms with Gasteiger partial charge < -0.3 is 11.1 Å². The molecule has 0 spiro atoms. The summed E-state index contributed by atoms with van der Waals surface area (Å²) in [4.78, 5) is 0. The van der Waals surface area contributed by atoms with E-state index in [1.54, 1.807) is 17.4 Å². The lowest BCUT2D eigenvalue weighted by Gasteiger charge is -2.18. The molecule has 3 N–H and O–H groups in total. The Hall–Kier alpha value is -0.620. The minimum atomic E-state index is -0.370. The van der Waals surface area contributed by atoms with Crippen LogP contribution in [0, 0.1) is 5.82 Å². The fourth-order valence-electron chi connectivity index (χ4n) is 1.64. The van der Waals surface area contributed by atoms with Gasteiger partial charge in [-0.1, -0.05) is 11.6 Å². The van der Waals surface area contributed by atoms with Crippen LogP contribution >= 0.6 is 38.9 Å². The van der Waals surface area contributed by atoms with E-state index in [0.717, 1.165) is 10.0 Å². The lowest BCUT2D eigenvalue weighted by molar-refractivity contribution is 0.627. The number of halogens is 3. The number of benzene rings is 1. The highest BCUT2D eigenvalue weighted by atomic mass is 79.9. The molecule has 2 rings (SSSR count). The van der Waals surface area contributed by atoms with E-state index in [4.69, 9.17) is 17.3 Å². The highest BCUT2D eigenvalue weighted by molar-refractivity contribution is 9.10. The van der Waals surface area contributed by atoms with E-state index < -0.39 is 0 Å². The molecule has 0 amide bonds. The second-order valence-electron chi connectivity index (χ2n) is 3.77. The van der Waals surface area contributed by atoms with Crippen LogP contribution in [0.1, 0.15) is 11.6 Å². The van der Waals surface area contributed by atoms with Gasteiger partial charge in [0.15, 0.2) is 0 Å². The average molecular weight is 350 g/mol. The Bertz CT molecular complexity index is 526. The Morgan fingerprint density at radius 3 is 2.72 bits per heavy atom. The van der Waals surface area contributed by atoms with Gasteiger partial charge in [-0.25, -0.2) is 4.39 Å². The smallest absolute Gasteiger partial charge is 0.126 e. The van der Waals surface area contributed by atoms with Crippen molar-refractivity contribution in [3.63, 3.8) is 0 Å². The second kappa shape index (κ2) is 6.02. The van der Waals surface area contributed by atoms with Crippen molar-refractivity contribution >= 4 is 44.6 Å². The quantitative estimate of drug-likeness (QED) is 0.858. The van der Waals surface area contributed by atoms with Crippen LogP contribution in [-0.2, 0) is 0 Å². The fraction of sp³-hybridized carbons (Fsp3) is 0.167. The molecule has 0 saturated heterocycles. The summed E-state index contributed by atoms with van der Waals surface area (Å²) < 4.78 is 14.2. The van der Waals surface area contributed by atoms with Crippen LogP contribution in [0.2, 0.25) is 5.02 Å². The summed E-state index contributed by atoms with van der Waals surface area (Å²) in [6.45, 7) is 0.406. The molecule has 0 aliphatic heterocycles. The first-order valence-electron chi connectivity index (χ1n) is 5.24. The standard InChI is InChI=1S/C12H11BrClFN2S/c13-11-6-18-5-10(11)12(4-16)17-9-2-7(14)1-8(15)3-9/h1-3,5-6,12,17H,4,16H2. The highest BCUT2D eigenvalue weighted by Crippen LogP contribution is 2.30. The number of hydrogen-bond donors (Lipinski definition) is 2. The molecule has 1 atom stereocenters. The molecule has 2 nitrogen and oxygen atoms in total. The van der Waals surface area contributed by atoms with Crippen LogP contribution in [0.25, 0.3) is 0 Å². The van der Waals surface area contributed by atoms with Crippen molar-refractivity contribution in [2.24, 2.45) is 5.73 Å². The molecule has 0 saturated carbocycles. The van der Waals surface area contributed by atoms with Crippen LogP contribution in [0.5, 0.6) is 0 Å². The third kappa shape index (κ3) is 3.23. The van der Waals surface area contributed by atoms with E-state index in [1.807, 2.05) is 10.8 Å². The lowest BCUT2D eigenvalue weighted by atomic mass is 10.1. The zero-order valence-corrected chi connectivity index (χ0v) is 12.4. The maximum absolute atomic E-state index is 13.2. The first kappa shape index (κ1) is 13.8. The van der Waals surface area contributed by atoms with E-state index in [9.17, 15) is 4.39 Å². The highest BCUT2D eigenvalue weighted by Gasteiger charge is 2.14. The normalized spacial score (nSPS) is 12.4. The van der Waals surface area contributed by atoms with Crippen molar-refractivity contribution in [1.29, 1.82) is 0 Å². The molecule has 1 unspecified atom stereocenters. The summed E-state index contributed by atoms with van der Waals surface area (Å²) in [6.07, 6.45) is 0. The largest absolute Gasteiger partial charge is 0.377 e. The van der Waals surface area contributed by atoms with Crippen molar-refractivity contribution < 1.29 is 4.39 Å². The number of nitrogens with one attached hydrogen (secondary N) is 1. The summed E-state index contributed by atoms with van der Waals surface area (Å²) in [6, 6.07) is 4.26. The number of thiophene rings is 1. The van der Waals surface area contributed by atoms with Crippen LogP contribution in [-0.4, -0.2) is 6.54 Å². The molecule has 18 heavy (non-hydrogen) atoms. The molecule has 0 radical (unpaired) electrons. The van der Waals surface area contributed by atoms with Gasteiger partial charge in [-0.15, -0.1) is 0 Å². The Morgan fingerprint density at radius 2 is 2.17 bits per heavy atom. The van der Waals surface area contributed by atoms with Gasteiger partial charge >= 0.3 is 0 Å². The molecule has 96 valence electrons. The van der Waals surface area contributed by atoms with E-state index in [2.05, 4.69) is 21.2 Å². The molecular weight excluding hydrogens is 339 g/mol. The van der Waals surface area contributed by atoms with Crippen LogP contribution < -0.4 is 11.1 Å². The Labute approximate surface area is 122 Å². The monoisotopic (exact) mass is 348 g/mol. The van der Waals surface area contributed by atoms with Crippen LogP contribution in [0.3, 0.4) is 0 Å². The van der Waals surface area contributed by atoms with E-state index in [1.165, 1.54) is 12.1 Å². The average Bonchev–Trinajstić information content (AvgIpc) is 2.71. The summed E-state index contributed by atoms with van der Waals surface area (Å²) >= 11 is 10.9. The van der Waals surface area contributed by atoms with Gasteiger partial charge in [0.2, 0.25) is 0 Å². The predicted octanol–water partition coefficient (Wildman–Crippen LogP) is 4.42. The van der Waals surface area contributed by atoms with Crippen molar-refractivity contribution in [1.82, 2.24) is 0 Å². The van der Waals surface area contributed by atoms with Crippen LogP contribution in [0.15, 0.2) is 33.4 Å². The fourth-order valence-corrected chi connectivity index (χ4v) is 3.49. The molecule has 0 bridgehead atoms. The topological polar surface area (TPSA) is 38.0 Å². The Balaban J connectivity index is 2.23. The minimum absolute atomic E-state index is 0.0801. The minimum Gasteiger partial charge on any atom is -0.377 e. The number of anilines is 1. The summed E-state index contributed by atoms with van der Waals surface area (Å²) in [5, 5.41) is 7.53.